The molecule has 1 heterocycles. The summed E-state index contributed by atoms with van der Waals surface area (Å²) < 4.78 is 27.0. The van der Waals surface area contributed by atoms with Crippen molar-refractivity contribution in [3.05, 3.63) is 59.7 Å². The van der Waals surface area contributed by atoms with E-state index in [1.165, 1.54) is 16.4 Å². The molecule has 8 heteroatoms. The van der Waals surface area contributed by atoms with E-state index in [1.807, 2.05) is 0 Å². The molecule has 0 aliphatic carbocycles. The third kappa shape index (κ3) is 4.65. The summed E-state index contributed by atoms with van der Waals surface area (Å²) in [6.07, 6.45) is 0.462. The lowest BCUT2D eigenvalue weighted by atomic mass is 10.1. The minimum Gasteiger partial charge on any atom is -0.478 e. The quantitative estimate of drug-likeness (QED) is 0.698. The largest absolute Gasteiger partial charge is 0.478 e. The van der Waals surface area contributed by atoms with E-state index in [9.17, 15) is 18.3 Å². The summed E-state index contributed by atoms with van der Waals surface area (Å²) in [5.74, 6) is -0.974. The van der Waals surface area contributed by atoms with Gasteiger partial charge in [0.05, 0.1) is 16.6 Å². The van der Waals surface area contributed by atoms with Gasteiger partial charge in [0.25, 0.3) is 0 Å². The molecule has 0 amide bonds. The van der Waals surface area contributed by atoms with Gasteiger partial charge in [-0.1, -0.05) is 18.2 Å². The van der Waals surface area contributed by atoms with E-state index in [-0.39, 0.29) is 10.5 Å². The summed E-state index contributed by atoms with van der Waals surface area (Å²) >= 11 is 0. The van der Waals surface area contributed by atoms with Gasteiger partial charge in [0.2, 0.25) is 10.0 Å². The summed E-state index contributed by atoms with van der Waals surface area (Å²) in [5, 5.41) is 21.7. The Kier molecular flexibility index (Phi) is 5.79. The molecule has 1 saturated heterocycles. The molecule has 1 aliphatic rings. The van der Waals surface area contributed by atoms with Gasteiger partial charge in [-0.05, 0) is 48.7 Å². The van der Waals surface area contributed by atoms with Gasteiger partial charge < -0.3 is 15.5 Å². The third-order valence-corrected chi connectivity index (χ3v) is 6.49. The molecule has 0 atom stereocenters. The van der Waals surface area contributed by atoms with Crippen molar-refractivity contribution in [1.82, 2.24) is 4.31 Å². The number of carboxylic acid groups (broad SMARTS) is 1. The highest BCUT2D eigenvalue weighted by molar-refractivity contribution is 7.89. The maximum absolute atomic E-state index is 12.8. The fraction of sp³-hybridized carbons (Fsp3) is 0.316. The number of benzene rings is 2. The number of aromatic carboxylic acids is 1. The van der Waals surface area contributed by atoms with Gasteiger partial charge in [-0.3, -0.25) is 0 Å². The molecule has 0 radical (unpaired) electrons. The monoisotopic (exact) mass is 390 g/mol. The van der Waals surface area contributed by atoms with Crippen LogP contribution in [0.3, 0.4) is 0 Å². The Morgan fingerprint density at radius 2 is 1.78 bits per heavy atom. The molecule has 0 unspecified atom stereocenters. The third-order valence-electron chi connectivity index (χ3n) is 4.59. The second-order valence-electron chi connectivity index (χ2n) is 6.52. The van der Waals surface area contributed by atoms with Crippen LogP contribution in [0, 0.1) is 0 Å². The summed E-state index contributed by atoms with van der Waals surface area (Å²) in [6, 6.07) is 13.1. The molecule has 0 bridgehead atoms. The van der Waals surface area contributed by atoms with Crippen LogP contribution in [0.2, 0.25) is 0 Å². The van der Waals surface area contributed by atoms with Crippen molar-refractivity contribution < 1.29 is 23.4 Å². The lowest BCUT2D eigenvalue weighted by molar-refractivity contribution is 0.0696. The van der Waals surface area contributed by atoms with E-state index < -0.39 is 22.1 Å². The van der Waals surface area contributed by atoms with Gasteiger partial charge >= 0.3 is 5.97 Å². The zero-order valence-corrected chi connectivity index (χ0v) is 15.5. The Labute approximate surface area is 158 Å². The maximum Gasteiger partial charge on any atom is 0.335 e. The molecule has 0 aromatic heterocycles. The van der Waals surface area contributed by atoms with Crippen molar-refractivity contribution in [3.8, 4) is 0 Å². The number of carbonyl (C=O) groups is 1. The molecule has 144 valence electrons. The number of aliphatic hydroxyl groups is 1. The molecule has 3 N–H and O–H groups in total. The number of nitrogens with one attached hydrogen (secondary N) is 1. The highest BCUT2D eigenvalue weighted by Gasteiger charge is 2.28. The van der Waals surface area contributed by atoms with Gasteiger partial charge in [-0.15, -0.1) is 0 Å². The number of aliphatic hydroxyl groups excluding tert-OH is 1. The standard InChI is InChI=1S/C19H22N2O5S/c22-17-8-10-21(11-9-17)27(25,26)18-3-1-2-16(12-18)20-13-14-4-6-15(7-5-14)19(23)24/h1-7,12,17,20,22H,8-11,13H2,(H,23,24). The fourth-order valence-corrected chi connectivity index (χ4v) is 4.48. The van der Waals surface area contributed by atoms with E-state index in [0.717, 1.165) is 5.56 Å². The summed E-state index contributed by atoms with van der Waals surface area (Å²) in [7, 11) is -3.59. The summed E-state index contributed by atoms with van der Waals surface area (Å²) in [6.45, 7) is 1.08. The number of anilines is 1. The first-order valence-corrected chi connectivity index (χ1v) is 10.1. The number of carboxylic acids is 1. The second-order valence-corrected chi connectivity index (χ2v) is 8.46. The second kappa shape index (κ2) is 8.08. The number of piperidine rings is 1. The van der Waals surface area contributed by atoms with Crippen molar-refractivity contribution in [2.24, 2.45) is 0 Å². The molecular weight excluding hydrogens is 368 g/mol. The zero-order chi connectivity index (χ0) is 19.4. The molecule has 3 rings (SSSR count). The lowest BCUT2D eigenvalue weighted by Crippen LogP contribution is -2.39. The van der Waals surface area contributed by atoms with Crippen molar-refractivity contribution in [3.63, 3.8) is 0 Å². The first-order valence-electron chi connectivity index (χ1n) is 8.70. The van der Waals surface area contributed by atoms with E-state index in [0.29, 0.717) is 38.2 Å². The van der Waals surface area contributed by atoms with Crippen LogP contribution in [0.1, 0.15) is 28.8 Å². The van der Waals surface area contributed by atoms with Gasteiger partial charge in [0.15, 0.2) is 0 Å². The fourth-order valence-electron chi connectivity index (χ4n) is 2.97. The maximum atomic E-state index is 12.8. The Morgan fingerprint density at radius 3 is 2.41 bits per heavy atom. The van der Waals surface area contributed by atoms with Crippen molar-refractivity contribution in [2.75, 3.05) is 18.4 Å². The molecule has 27 heavy (non-hydrogen) atoms. The molecule has 7 nitrogen and oxygen atoms in total. The van der Waals surface area contributed by atoms with Crippen LogP contribution in [0.15, 0.2) is 53.4 Å². The predicted molar refractivity (Wildman–Crippen MR) is 101 cm³/mol. The molecule has 1 fully saturated rings. The Morgan fingerprint density at radius 1 is 1.11 bits per heavy atom. The van der Waals surface area contributed by atoms with Gasteiger partial charge in [-0.2, -0.15) is 4.31 Å². The number of rotatable bonds is 6. The Hall–Kier alpha value is -2.42. The van der Waals surface area contributed by atoms with Crippen LogP contribution in [0.5, 0.6) is 0 Å². The van der Waals surface area contributed by atoms with Gasteiger partial charge in [0.1, 0.15) is 0 Å². The van der Waals surface area contributed by atoms with E-state index in [2.05, 4.69) is 5.32 Å². The minimum atomic E-state index is -3.59. The normalized spacial score (nSPS) is 16.2. The predicted octanol–water partition coefficient (Wildman–Crippen LogP) is 2.14. The minimum absolute atomic E-state index is 0.213. The van der Waals surface area contributed by atoms with Crippen LogP contribution >= 0.6 is 0 Å². The van der Waals surface area contributed by atoms with E-state index in [4.69, 9.17) is 5.11 Å². The van der Waals surface area contributed by atoms with Crippen LogP contribution < -0.4 is 5.32 Å². The first kappa shape index (κ1) is 19.3. The number of hydrogen-bond donors (Lipinski definition) is 3. The topological polar surface area (TPSA) is 107 Å². The van der Waals surface area contributed by atoms with Crippen molar-refractivity contribution in [2.45, 2.75) is 30.4 Å². The molecule has 2 aromatic carbocycles. The highest BCUT2D eigenvalue weighted by atomic mass is 32.2. The number of nitrogens with zero attached hydrogens (tertiary/aromatic N) is 1. The van der Waals surface area contributed by atoms with E-state index >= 15 is 0 Å². The van der Waals surface area contributed by atoms with E-state index in [1.54, 1.807) is 36.4 Å². The molecule has 2 aromatic rings. The highest BCUT2D eigenvalue weighted by Crippen LogP contribution is 2.23. The Balaban J connectivity index is 1.69. The van der Waals surface area contributed by atoms with Crippen LogP contribution in [-0.4, -0.2) is 48.1 Å². The molecule has 0 saturated carbocycles. The molecule has 1 aliphatic heterocycles. The van der Waals surface area contributed by atoms with Crippen molar-refractivity contribution in [1.29, 1.82) is 0 Å². The summed E-state index contributed by atoms with van der Waals surface area (Å²) in [4.78, 5) is 11.1. The smallest absolute Gasteiger partial charge is 0.335 e. The lowest BCUT2D eigenvalue weighted by Gasteiger charge is -2.28. The SMILES string of the molecule is O=C(O)c1ccc(CNc2cccc(S(=O)(=O)N3CCC(O)CC3)c2)cc1. The van der Waals surface area contributed by atoms with Gasteiger partial charge in [0, 0.05) is 25.3 Å². The van der Waals surface area contributed by atoms with Crippen LogP contribution in [0.25, 0.3) is 0 Å². The van der Waals surface area contributed by atoms with Crippen LogP contribution in [0.4, 0.5) is 5.69 Å². The van der Waals surface area contributed by atoms with Crippen LogP contribution in [-0.2, 0) is 16.6 Å². The number of sulfonamides is 1. The molecular formula is C19H22N2O5S. The summed E-state index contributed by atoms with van der Waals surface area (Å²) in [5.41, 5.74) is 1.77. The number of hydrogen-bond acceptors (Lipinski definition) is 5. The zero-order valence-electron chi connectivity index (χ0n) is 14.7. The van der Waals surface area contributed by atoms with Crippen molar-refractivity contribution >= 4 is 21.7 Å². The molecule has 0 spiro atoms. The first-order chi connectivity index (χ1) is 12.9. The Bertz CT molecular complexity index is 904. The van der Waals surface area contributed by atoms with Gasteiger partial charge in [-0.25, -0.2) is 13.2 Å². The average Bonchev–Trinajstić information content (AvgIpc) is 2.67. The average molecular weight is 390 g/mol.